The second-order valence-corrected chi connectivity index (χ2v) is 8.51. The van der Waals surface area contributed by atoms with Crippen LogP contribution in [-0.2, 0) is 14.8 Å². The zero-order chi connectivity index (χ0) is 20.9. The molecule has 6 N–H and O–H groups in total. The minimum atomic E-state index is -3.70. The van der Waals surface area contributed by atoms with E-state index in [4.69, 9.17) is 22.0 Å². The Morgan fingerprint density at radius 1 is 1.29 bits per heavy atom. The molecule has 0 bridgehead atoms. The molecule has 1 aromatic rings. The monoisotopic (exact) mass is 410 g/mol. The van der Waals surface area contributed by atoms with Crippen LogP contribution in [0, 0.1) is 11.2 Å². The van der Waals surface area contributed by atoms with Crippen molar-refractivity contribution in [1.29, 1.82) is 5.41 Å². The lowest BCUT2D eigenvalue weighted by atomic mass is 10.1. The summed E-state index contributed by atoms with van der Waals surface area (Å²) in [5, 5.41) is 15.6. The maximum atomic E-state index is 12.5. The van der Waals surface area contributed by atoms with Crippen LogP contribution in [-0.4, -0.2) is 47.5 Å². The molecule has 1 unspecified atom stereocenters. The van der Waals surface area contributed by atoms with E-state index < -0.39 is 27.3 Å². The van der Waals surface area contributed by atoms with E-state index in [0.29, 0.717) is 24.1 Å². The third kappa shape index (κ3) is 5.17. The van der Waals surface area contributed by atoms with E-state index in [0.717, 1.165) is 4.31 Å². The molecule has 0 amide bonds. The average molecular weight is 410 g/mol. The van der Waals surface area contributed by atoms with E-state index in [1.54, 1.807) is 6.08 Å². The highest BCUT2D eigenvalue weighted by molar-refractivity contribution is 7.90. The molecule has 3 rings (SSSR count). The summed E-state index contributed by atoms with van der Waals surface area (Å²) in [5.41, 5.74) is 11.7. The number of nitrogen functional groups attached to an aromatic ring is 1. The number of nitrogens with two attached hydrogens (primary N) is 2. The minimum Gasteiger partial charge on any atom is -0.480 e. The van der Waals surface area contributed by atoms with E-state index in [1.807, 2.05) is 0 Å². The number of aliphatic carboxylic acids is 1. The van der Waals surface area contributed by atoms with E-state index in [9.17, 15) is 17.6 Å². The number of amidine groups is 1. The number of hydrogen-bond donors (Lipinski definition) is 4. The Morgan fingerprint density at radius 3 is 2.39 bits per heavy atom. The smallest absolute Gasteiger partial charge is 0.322 e. The number of nitrogens with one attached hydrogen (secondary N) is 1. The number of nitrogens with zero attached hydrogens (tertiary/aromatic N) is 1. The molecule has 1 saturated heterocycles. The molecule has 1 aliphatic heterocycles. The topological polar surface area (TPSA) is 151 Å². The number of benzene rings is 1. The number of allylic oxidation sites excluding steroid dienone is 1. The Labute approximate surface area is 162 Å². The van der Waals surface area contributed by atoms with Crippen molar-refractivity contribution in [3.05, 3.63) is 53.9 Å². The Morgan fingerprint density at radius 2 is 1.93 bits per heavy atom. The van der Waals surface area contributed by atoms with E-state index in [1.165, 1.54) is 36.4 Å². The molecule has 0 saturated carbocycles. The number of rotatable bonds is 4. The lowest BCUT2D eigenvalue weighted by Gasteiger charge is -2.26. The van der Waals surface area contributed by atoms with Gasteiger partial charge in [0.15, 0.2) is 0 Å². The van der Waals surface area contributed by atoms with E-state index in [2.05, 4.69) is 0 Å². The molecule has 0 radical (unpaired) electrons. The van der Waals surface area contributed by atoms with Gasteiger partial charge in [0.2, 0.25) is 10.0 Å². The highest BCUT2D eigenvalue weighted by Gasteiger charge is 2.41. The molecule has 2 atom stereocenters. The minimum absolute atomic E-state index is 0.110. The van der Waals surface area contributed by atoms with Crippen molar-refractivity contribution in [2.75, 3.05) is 12.3 Å². The molecular weight excluding hydrogens is 387 g/mol. The largest absolute Gasteiger partial charge is 0.480 e. The zero-order valence-corrected chi connectivity index (χ0v) is 15.9. The first-order valence-corrected chi connectivity index (χ1v) is 10.1. The summed E-state index contributed by atoms with van der Waals surface area (Å²) < 4.78 is 38.1. The molecule has 1 aromatic carbocycles. The van der Waals surface area contributed by atoms with Gasteiger partial charge >= 0.3 is 5.97 Å². The highest BCUT2D eigenvalue weighted by Crippen LogP contribution is 2.27. The maximum absolute atomic E-state index is 12.5. The van der Waals surface area contributed by atoms with Gasteiger partial charge in [0.1, 0.15) is 17.7 Å². The van der Waals surface area contributed by atoms with Crippen LogP contribution >= 0.6 is 0 Å². The molecule has 1 aliphatic carbocycles. The highest BCUT2D eigenvalue weighted by atomic mass is 32.2. The first kappa shape index (κ1) is 21.6. The average Bonchev–Trinajstić information content (AvgIpc) is 3.16. The standard InChI is InChI=1S/C12H17N3O4S.C6H6FN/c13-11(14)8-3-5-9(6-4-8)20(18,19)15-7-1-2-10(15)12(16)17;7-5-1-3-6(8)4-2-5/h3-5,9-10H,1-2,6-7H2,(H3,13,14)(H,16,17);1-4H,8H2/t9?,10-;/m0./s1. The zero-order valence-electron chi connectivity index (χ0n) is 15.1. The van der Waals surface area contributed by atoms with Crippen LogP contribution < -0.4 is 11.5 Å². The fraction of sp³-hybridized carbons (Fsp3) is 0.333. The third-order valence-corrected chi connectivity index (χ3v) is 6.65. The molecule has 10 heteroatoms. The number of carboxylic acid groups (broad SMARTS) is 1. The van der Waals surface area contributed by atoms with Gasteiger partial charge in [0, 0.05) is 17.8 Å². The summed E-state index contributed by atoms with van der Waals surface area (Å²) in [5.74, 6) is -1.47. The van der Waals surface area contributed by atoms with Gasteiger partial charge in [-0.3, -0.25) is 10.2 Å². The molecule has 0 aromatic heterocycles. The van der Waals surface area contributed by atoms with Gasteiger partial charge in [-0.15, -0.1) is 0 Å². The normalized spacial score (nSPS) is 22.1. The van der Waals surface area contributed by atoms with Crippen LogP contribution in [0.5, 0.6) is 0 Å². The van der Waals surface area contributed by atoms with Crippen molar-refractivity contribution in [3.63, 3.8) is 0 Å². The molecule has 152 valence electrons. The van der Waals surface area contributed by atoms with Gasteiger partial charge in [-0.1, -0.05) is 18.2 Å². The lowest BCUT2D eigenvalue weighted by Crippen LogP contribution is -2.44. The molecule has 0 spiro atoms. The second-order valence-electron chi connectivity index (χ2n) is 6.41. The van der Waals surface area contributed by atoms with E-state index in [-0.39, 0.29) is 24.6 Å². The van der Waals surface area contributed by atoms with Crippen molar-refractivity contribution in [1.82, 2.24) is 4.31 Å². The van der Waals surface area contributed by atoms with Crippen molar-refractivity contribution < 1.29 is 22.7 Å². The number of carboxylic acids is 1. The predicted molar refractivity (Wildman–Crippen MR) is 105 cm³/mol. The number of halogens is 1. The quantitative estimate of drug-likeness (QED) is 0.335. The Balaban J connectivity index is 0.000000292. The van der Waals surface area contributed by atoms with Crippen molar-refractivity contribution >= 4 is 27.5 Å². The third-order valence-electron chi connectivity index (χ3n) is 4.44. The number of carbonyl (C=O) groups is 1. The molecule has 1 fully saturated rings. The van der Waals surface area contributed by atoms with Crippen molar-refractivity contribution in [2.45, 2.75) is 30.6 Å². The summed E-state index contributed by atoms with van der Waals surface area (Å²) in [7, 11) is -3.70. The first-order chi connectivity index (χ1) is 13.1. The molecule has 2 aliphatic rings. The van der Waals surface area contributed by atoms with Gasteiger partial charge in [-0.05, 0) is 43.5 Å². The lowest BCUT2D eigenvalue weighted by molar-refractivity contribution is -0.140. The van der Waals surface area contributed by atoms with Crippen LogP contribution in [0.3, 0.4) is 0 Å². The number of hydrogen-bond acceptors (Lipinski definition) is 5. The Bertz CT molecular complexity index is 876. The van der Waals surface area contributed by atoms with Gasteiger partial charge < -0.3 is 16.6 Å². The van der Waals surface area contributed by atoms with Crippen molar-refractivity contribution in [2.24, 2.45) is 5.73 Å². The number of anilines is 1. The van der Waals surface area contributed by atoms with Gasteiger partial charge in [0.25, 0.3) is 0 Å². The fourth-order valence-electron chi connectivity index (χ4n) is 2.95. The molecule has 8 nitrogen and oxygen atoms in total. The second kappa shape index (κ2) is 8.98. The Hall–Kier alpha value is -2.72. The molecular formula is C18H23FN4O4S. The predicted octanol–water partition coefficient (Wildman–Crippen LogP) is 1.46. The molecule has 1 heterocycles. The summed E-state index contributed by atoms with van der Waals surface area (Å²) in [4.78, 5) is 11.1. The summed E-state index contributed by atoms with van der Waals surface area (Å²) in [6, 6.07) is 4.74. The van der Waals surface area contributed by atoms with Crippen LogP contribution in [0.4, 0.5) is 10.1 Å². The van der Waals surface area contributed by atoms with Crippen LogP contribution in [0.1, 0.15) is 19.3 Å². The maximum Gasteiger partial charge on any atom is 0.322 e. The van der Waals surface area contributed by atoms with Gasteiger partial charge in [-0.2, -0.15) is 4.31 Å². The number of sulfonamides is 1. The summed E-state index contributed by atoms with van der Waals surface area (Å²) >= 11 is 0. The van der Waals surface area contributed by atoms with Crippen LogP contribution in [0.2, 0.25) is 0 Å². The summed E-state index contributed by atoms with van der Waals surface area (Å²) in [6.45, 7) is 0.243. The van der Waals surface area contributed by atoms with Crippen LogP contribution in [0.25, 0.3) is 0 Å². The first-order valence-electron chi connectivity index (χ1n) is 8.60. The van der Waals surface area contributed by atoms with Crippen LogP contribution in [0.15, 0.2) is 48.1 Å². The van der Waals surface area contributed by atoms with Gasteiger partial charge in [0.05, 0.1) is 5.25 Å². The van der Waals surface area contributed by atoms with E-state index >= 15 is 0 Å². The molecule has 28 heavy (non-hydrogen) atoms. The fourth-order valence-corrected chi connectivity index (χ4v) is 4.85. The summed E-state index contributed by atoms with van der Waals surface area (Å²) in [6.07, 6.45) is 5.68. The Kier molecular flexibility index (Phi) is 6.92. The van der Waals surface area contributed by atoms with Crippen molar-refractivity contribution in [3.8, 4) is 0 Å². The SMILES string of the molecule is N=C(N)C1=CCC(S(=O)(=O)N2CCC[C@H]2C(=O)O)C=C1.Nc1ccc(F)cc1. The van der Waals surface area contributed by atoms with Gasteiger partial charge in [-0.25, -0.2) is 12.8 Å².